The van der Waals surface area contributed by atoms with E-state index in [0.29, 0.717) is 30.0 Å². The maximum Gasteiger partial charge on any atom is 0.228 e. The predicted molar refractivity (Wildman–Crippen MR) is 118 cm³/mol. The van der Waals surface area contributed by atoms with E-state index in [0.717, 1.165) is 23.2 Å². The average Bonchev–Trinajstić information content (AvgIpc) is 2.69. The molecule has 5 nitrogen and oxygen atoms in total. The van der Waals surface area contributed by atoms with Gasteiger partial charge in [-0.3, -0.25) is 4.79 Å². The second-order valence-corrected chi connectivity index (χ2v) is 9.94. The van der Waals surface area contributed by atoms with Crippen molar-refractivity contribution in [2.75, 3.05) is 18.4 Å². The highest BCUT2D eigenvalue weighted by molar-refractivity contribution is 7.88. The van der Waals surface area contributed by atoms with Crippen LogP contribution in [0.25, 0.3) is 0 Å². The first kappa shape index (κ1) is 21.8. The second-order valence-electron chi connectivity index (χ2n) is 7.54. The fourth-order valence-corrected chi connectivity index (χ4v) is 5.58. The van der Waals surface area contributed by atoms with E-state index in [1.165, 1.54) is 4.31 Å². The maximum absolute atomic E-state index is 12.9. The molecule has 0 aromatic heterocycles. The summed E-state index contributed by atoms with van der Waals surface area (Å²) in [4.78, 5) is 12.9. The van der Waals surface area contributed by atoms with Crippen molar-refractivity contribution in [3.05, 3.63) is 64.2 Å². The Kier molecular flexibility index (Phi) is 6.98. The molecule has 3 rings (SSSR count). The minimum atomic E-state index is -3.52. The Morgan fingerprint density at radius 1 is 1.24 bits per heavy atom. The lowest BCUT2D eigenvalue weighted by Crippen LogP contribution is -2.44. The Morgan fingerprint density at radius 2 is 2.00 bits per heavy atom. The van der Waals surface area contributed by atoms with Gasteiger partial charge in [-0.15, -0.1) is 0 Å². The lowest BCUT2D eigenvalue weighted by molar-refractivity contribution is -0.120. The van der Waals surface area contributed by atoms with Gasteiger partial charge in [-0.25, -0.2) is 12.7 Å². The number of aryl methyl sites for hydroxylation is 2. The van der Waals surface area contributed by atoms with E-state index in [9.17, 15) is 13.2 Å². The summed E-state index contributed by atoms with van der Waals surface area (Å²) in [6, 6.07) is 12.8. The highest BCUT2D eigenvalue weighted by atomic mass is 35.5. The summed E-state index contributed by atoms with van der Waals surface area (Å²) >= 11 is 5.98. The molecule has 1 N–H and O–H groups in total. The molecule has 0 unspecified atom stereocenters. The molecule has 156 valence electrons. The first-order chi connectivity index (χ1) is 13.8. The van der Waals surface area contributed by atoms with Gasteiger partial charge in [0.25, 0.3) is 0 Å². The van der Waals surface area contributed by atoms with Crippen molar-refractivity contribution in [2.24, 2.45) is 5.92 Å². The van der Waals surface area contributed by atoms with Crippen LogP contribution in [-0.4, -0.2) is 31.7 Å². The molecule has 0 bridgehead atoms. The van der Waals surface area contributed by atoms with E-state index in [1.807, 2.05) is 25.1 Å². The number of nitrogens with zero attached hydrogens (tertiary/aromatic N) is 1. The number of hydrogen-bond donors (Lipinski definition) is 1. The number of carbonyl (C=O) groups is 1. The fraction of sp³-hybridized carbons (Fsp3) is 0.409. The molecule has 0 radical (unpaired) electrons. The SMILES string of the molecule is CCc1cccc(C)c1NC(=O)[C@@H]1CCCN(S(=O)(=O)Cc2cccc(Cl)c2)C1. The molecular weight excluding hydrogens is 408 g/mol. The zero-order chi connectivity index (χ0) is 21.0. The third-order valence-corrected chi connectivity index (χ3v) is 7.43. The number of hydrogen-bond acceptors (Lipinski definition) is 3. The third-order valence-electron chi connectivity index (χ3n) is 5.37. The summed E-state index contributed by atoms with van der Waals surface area (Å²) in [6.45, 7) is 4.67. The summed E-state index contributed by atoms with van der Waals surface area (Å²) < 4.78 is 27.2. The molecule has 0 aliphatic carbocycles. The number of benzene rings is 2. The van der Waals surface area contributed by atoms with E-state index < -0.39 is 10.0 Å². The fourth-order valence-electron chi connectivity index (χ4n) is 3.77. The largest absolute Gasteiger partial charge is 0.325 e. The van der Waals surface area contributed by atoms with Gasteiger partial charge in [0.2, 0.25) is 15.9 Å². The summed E-state index contributed by atoms with van der Waals surface area (Å²) in [7, 11) is -3.52. The van der Waals surface area contributed by atoms with E-state index >= 15 is 0 Å². The Labute approximate surface area is 178 Å². The molecule has 1 heterocycles. The van der Waals surface area contributed by atoms with E-state index in [1.54, 1.807) is 24.3 Å². The quantitative estimate of drug-likeness (QED) is 0.733. The van der Waals surface area contributed by atoms with Crippen LogP contribution in [0.15, 0.2) is 42.5 Å². The Bertz CT molecular complexity index is 991. The number of sulfonamides is 1. The standard InChI is InChI=1S/C22H27ClN2O3S/c1-3-18-9-4-7-16(2)21(18)24-22(26)19-10-6-12-25(14-19)29(27,28)15-17-8-5-11-20(23)13-17/h4-5,7-9,11,13,19H,3,6,10,12,14-15H2,1-2H3,(H,24,26)/t19-/m1/s1. The molecule has 2 aromatic carbocycles. The number of anilines is 1. The summed E-state index contributed by atoms with van der Waals surface area (Å²) in [5, 5.41) is 3.56. The van der Waals surface area contributed by atoms with Crippen LogP contribution in [0.2, 0.25) is 5.02 Å². The zero-order valence-electron chi connectivity index (χ0n) is 16.8. The average molecular weight is 435 g/mol. The van der Waals surface area contributed by atoms with Gasteiger partial charge in [-0.2, -0.15) is 0 Å². The number of amides is 1. The Morgan fingerprint density at radius 3 is 2.72 bits per heavy atom. The summed E-state index contributed by atoms with van der Waals surface area (Å²) in [5.74, 6) is -0.585. The molecule has 0 spiro atoms. The normalized spacial score (nSPS) is 17.8. The molecule has 0 saturated carbocycles. The van der Waals surface area contributed by atoms with Gasteiger partial charge in [0.15, 0.2) is 0 Å². The smallest absolute Gasteiger partial charge is 0.228 e. The van der Waals surface area contributed by atoms with E-state index in [-0.39, 0.29) is 24.1 Å². The minimum absolute atomic E-state index is 0.111. The summed E-state index contributed by atoms with van der Waals surface area (Å²) in [6.07, 6.45) is 2.17. The Balaban J connectivity index is 1.71. The van der Waals surface area contributed by atoms with Gasteiger partial charge < -0.3 is 5.32 Å². The van der Waals surface area contributed by atoms with Crippen molar-refractivity contribution in [3.8, 4) is 0 Å². The topological polar surface area (TPSA) is 66.5 Å². The molecule has 1 amide bonds. The molecule has 29 heavy (non-hydrogen) atoms. The number of carbonyl (C=O) groups excluding carboxylic acids is 1. The first-order valence-corrected chi connectivity index (χ1v) is 11.9. The van der Waals surface area contributed by atoms with Crippen molar-refractivity contribution in [1.29, 1.82) is 0 Å². The summed E-state index contributed by atoms with van der Waals surface area (Å²) in [5.41, 5.74) is 3.59. The van der Waals surface area contributed by atoms with Gasteiger partial charge >= 0.3 is 0 Å². The van der Waals surface area contributed by atoms with Crippen molar-refractivity contribution >= 4 is 33.2 Å². The van der Waals surface area contributed by atoms with Crippen LogP contribution < -0.4 is 5.32 Å². The molecule has 1 atom stereocenters. The van der Waals surface area contributed by atoms with Gasteiger partial charge in [0.05, 0.1) is 11.7 Å². The van der Waals surface area contributed by atoms with Crippen LogP contribution in [0.5, 0.6) is 0 Å². The highest BCUT2D eigenvalue weighted by Crippen LogP contribution is 2.26. The minimum Gasteiger partial charge on any atom is -0.325 e. The van der Waals surface area contributed by atoms with Crippen molar-refractivity contribution in [3.63, 3.8) is 0 Å². The van der Waals surface area contributed by atoms with Crippen molar-refractivity contribution < 1.29 is 13.2 Å². The van der Waals surface area contributed by atoms with E-state index in [2.05, 4.69) is 12.2 Å². The lowest BCUT2D eigenvalue weighted by atomic mass is 9.98. The second kappa shape index (κ2) is 9.28. The molecule has 7 heteroatoms. The molecule has 1 aliphatic heterocycles. The number of halogens is 1. The molecule has 1 aliphatic rings. The lowest BCUT2D eigenvalue weighted by Gasteiger charge is -2.31. The number of para-hydroxylation sites is 1. The van der Waals surface area contributed by atoms with E-state index in [4.69, 9.17) is 11.6 Å². The van der Waals surface area contributed by atoms with Gasteiger partial charge in [-0.1, -0.05) is 48.9 Å². The van der Waals surface area contributed by atoms with Crippen LogP contribution in [0.1, 0.15) is 36.5 Å². The number of rotatable bonds is 6. The Hall–Kier alpha value is -1.89. The highest BCUT2D eigenvalue weighted by Gasteiger charge is 2.32. The van der Waals surface area contributed by atoms with Crippen molar-refractivity contribution in [1.82, 2.24) is 4.31 Å². The molecule has 1 saturated heterocycles. The van der Waals surface area contributed by atoms with Crippen LogP contribution in [-0.2, 0) is 27.0 Å². The number of nitrogens with one attached hydrogen (secondary N) is 1. The van der Waals surface area contributed by atoms with Gasteiger partial charge in [0, 0.05) is 23.8 Å². The third kappa shape index (κ3) is 5.38. The first-order valence-electron chi connectivity index (χ1n) is 9.91. The maximum atomic E-state index is 12.9. The number of piperidine rings is 1. The zero-order valence-corrected chi connectivity index (χ0v) is 18.4. The monoisotopic (exact) mass is 434 g/mol. The van der Waals surface area contributed by atoms with Gasteiger partial charge in [0.1, 0.15) is 0 Å². The molecule has 1 fully saturated rings. The van der Waals surface area contributed by atoms with Gasteiger partial charge in [-0.05, 0) is 55.0 Å². The molecule has 2 aromatic rings. The van der Waals surface area contributed by atoms with Crippen molar-refractivity contribution in [2.45, 2.75) is 38.9 Å². The van der Waals surface area contributed by atoms with Crippen LogP contribution in [0.3, 0.4) is 0 Å². The van der Waals surface area contributed by atoms with Crippen LogP contribution >= 0.6 is 11.6 Å². The molecular formula is C22H27ClN2O3S. The van der Waals surface area contributed by atoms with Crippen LogP contribution in [0.4, 0.5) is 5.69 Å². The predicted octanol–water partition coefficient (Wildman–Crippen LogP) is 4.39. The van der Waals surface area contributed by atoms with Crippen LogP contribution in [0, 0.1) is 12.8 Å².